The highest BCUT2D eigenvalue weighted by atomic mass is 16.5. The van der Waals surface area contributed by atoms with Gasteiger partial charge in [0.25, 0.3) is 11.8 Å². The molecule has 2 fully saturated rings. The monoisotopic (exact) mass is 420 g/mol. The molecule has 0 spiro atoms. The van der Waals surface area contributed by atoms with Crippen LogP contribution in [0.1, 0.15) is 36.5 Å². The number of rotatable bonds is 3. The molecule has 8 heteroatoms. The molecular weight excluding hydrogens is 394 g/mol. The van der Waals surface area contributed by atoms with Gasteiger partial charge in [0.1, 0.15) is 6.61 Å². The molecular formula is C23H26N5O3-. The fourth-order valence-corrected chi connectivity index (χ4v) is 4.64. The van der Waals surface area contributed by atoms with E-state index in [4.69, 9.17) is 10.5 Å². The number of pyridine rings is 1. The van der Waals surface area contributed by atoms with Crippen LogP contribution in [0.2, 0.25) is 0 Å². The van der Waals surface area contributed by atoms with E-state index in [2.05, 4.69) is 11.6 Å². The Morgan fingerprint density at radius 2 is 2.16 bits per heavy atom. The summed E-state index contributed by atoms with van der Waals surface area (Å²) in [4.78, 5) is 35.1. The van der Waals surface area contributed by atoms with Crippen molar-refractivity contribution >= 4 is 17.6 Å². The van der Waals surface area contributed by atoms with Crippen LogP contribution in [0.15, 0.2) is 48.5 Å². The van der Waals surface area contributed by atoms with Gasteiger partial charge in [-0.1, -0.05) is 12.7 Å². The first-order chi connectivity index (χ1) is 14.9. The molecule has 8 nitrogen and oxygen atoms in total. The van der Waals surface area contributed by atoms with E-state index < -0.39 is 6.17 Å². The lowest BCUT2D eigenvalue weighted by Crippen LogP contribution is -2.39. The molecule has 1 saturated carbocycles. The van der Waals surface area contributed by atoms with E-state index in [1.54, 1.807) is 37.5 Å². The molecule has 1 aromatic heterocycles. The number of allylic oxidation sites excluding steroid dienone is 1. The van der Waals surface area contributed by atoms with Gasteiger partial charge in [-0.2, -0.15) is 0 Å². The first-order valence-corrected chi connectivity index (χ1v) is 10.7. The quantitative estimate of drug-likeness (QED) is 0.701. The average Bonchev–Trinajstić information content (AvgIpc) is 3.57. The van der Waals surface area contributed by atoms with Crippen LogP contribution in [0, 0.1) is 5.92 Å². The van der Waals surface area contributed by atoms with E-state index in [1.165, 1.54) is 11.3 Å². The van der Waals surface area contributed by atoms with Crippen LogP contribution in [-0.2, 0) is 4.79 Å². The van der Waals surface area contributed by atoms with Crippen LogP contribution >= 0.6 is 0 Å². The Kier molecular flexibility index (Phi) is 4.81. The van der Waals surface area contributed by atoms with Crippen LogP contribution in [0.5, 0.6) is 5.75 Å². The van der Waals surface area contributed by atoms with Gasteiger partial charge in [-0.3, -0.25) is 9.59 Å². The predicted octanol–water partition coefficient (Wildman–Crippen LogP) is 3.10. The van der Waals surface area contributed by atoms with Gasteiger partial charge >= 0.3 is 0 Å². The maximum atomic E-state index is 13.0. The number of carbonyl (C=O) groups is 2. The van der Waals surface area contributed by atoms with Crippen LogP contribution in [0.3, 0.4) is 0 Å². The number of piperidine rings is 1. The smallest absolute Gasteiger partial charge is 0.255 e. The second-order valence-corrected chi connectivity index (χ2v) is 8.59. The lowest BCUT2D eigenvalue weighted by Gasteiger charge is -2.38. The number of hydrogen-bond acceptors (Lipinski definition) is 5. The largest absolute Gasteiger partial charge is 0.653 e. The van der Waals surface area contributed by atoms with Crippen molar-refractivity contribution in [3.63, 3.8) is 0 Å². The molecule has 3 aliphatic heterocycles. The number of anilines is 1. The lowest BCUT2D eigenvalue weighted by molar-refractivity contribution is -0.125. The summed E-state index contributed by atoms with van der Waals surface area (Å²) >= 11 is 0. The number of hydrogen-bond donors (Lipinski definition) is 0. The van der Waals surface area contributed by atoms with Crippen molar-refractivity contribution in [2.24, 2.45) is 5.92 Å². The predicted molar refractivity (Wildman–Crippen MR) is 116 cm³/mol. The van der Waals surface area contributed by atoms with Crippen LogP contribution in [-0.4, -0.2) is 58.5 Å². The van der Waals surface area contributed by atoms with E-state index in [1.807, 2.05) is 9.80 Å². The number of nitrogens with zero attached hydrogens (tertiary/aromatic N) is 4. The number of carbonyl (C=O) groups excluding carboxylic acids is 2. The van der Waals surface area contributed by atoms with Crippen molar-refractivity contribution in [3.05, 3.63) is 59.8 Å². The van der Waals surface area contributed by atoms with E-state index in [0.29, 0.717) is 47.8 Å². The summed E-state index contributed by atoms with van der Waals surface area (Å²) in [6.07, 6.45) is 9.30. The van der Waals surface area contributed by atoms with Crippen molar-refractivity contribution in [3.8, 4) is 5.75 Å². The number of nitrogens with one attached hydrogen (secondary N) is 1. The second kappa shape index (κ2) is 7.53. The molecule has 3 atom stereocenters. The van der Waals surface area contributed by atoms with Crippen molar-refractivity contribution in [1.29, 1.82) is 0 Å². The summed E-state index contributed by atoms with van der Waals surface area (Å²) in [6, 6.07) is 2.18. The van der Waals surface area contributed by atoms with E-state index in [-0.39, 0.29) is 11.8 Å². The molecule has 2 amide bonds. The van der Waals surface area contributed by atoms with Crippen LogP contribution in [0.4, 0.5) is 5.82 Å². The Balaban J connectivity index is 1.37. The van der Waals surface area contributed by atoms with Gasteiger partial charge in [0.15, 0.2) is 11.6 Å². The number of likely N-dealkylation sites (tertiary alicyclic amines) is 1. The zero-order valence-corrected chi connectivity index (χ0v) is 17.6. The maximum Gasteiger partial charge on any atom is 0.255 e. The van der Waals surface area contributed by atoms with Crippen molar-refractivity contribution in [2.45, 2.75) is 38.4 Å². The standard InChI is InChI=1S/C23H26N5O3/c1-14(2)22(29)28-7-5-17(12-20(28)24)26-8-9-31-19-11-16(13-25-21(19)26)23(30)27-6-3-4-15-10-18(15)27/h5,7,11-13,15,18,20,24H,1,3-4,6,8-10H2,2H3/q-1. The molecule has 3 unspecified atom stereocenters. The lowest BCUT2D eigenvalue weighted by atomic mass is 10.1. The second-order valence-electron chi connectivity index (χ2n) is 8.59. The normalized spacial score (nSPS) is 26.5. The molecule has 1 N–H and O–H groups in total. The number of ether oxygens (including phenoxy) is 1. The Hall–Kier alpha value is -3.13. The minimum Gasteiger partial charge on any atom is -0.653 e. The first-order valence-electron chi connectivity index (χ1n) is 10.7. The van der Waals surface area contributed by atoms with Gasteiger partial charge in [-0.15, -0.1) is 0 Å². The third-order valence-electron chi connectivity index (χ3n) is 6.37. The Labute approximate surface area is 181 Å². The minimum atomic E-state index is -0.845. The average molecular weight is 420 g/mol. The number of aromatic nitrogens is 1. The van der Waals surface area contributed by atoms with E-state index in [0.717, 1.165) is 25.1 Å². The molecule has 1 aromatic rings. The molecule has 1 aliphatic carbocycles. The zero-order chi connectivity index (χ0) is 21.7. The van der Waals surface area contributed by atoms with E-state index >= 15 is 0 Å². The van der Waals surface area contributed by atoms with Crippen LogP contribution in [0.25, 0.3) is 5.73 Å². The van der Waals surface area contributed by atoms with Gasteiger partial charge < -0.3 is 25.2 Å². The molecule has 1 saturated heterocycles. The molecule has 162 valence electrons. The SMILES string of the molecule is C=C(C)C(=O)N1C=CC(N2CCOc3cc(C(=O)N4CCCC5CC54)cnc32)=CC1[NH-]. The molecule has 5 rings (SSSR count). The Morgan fingerprint density at radius 3 is 2.94 bits per heavy atom. The van der Waals surface area contributed by atoms with Gasteiger partial charge in [0.05, 0.1) is 12.1 Å². The molecule has 4 aliphatic rings. The highest BCUT2D eigenvalue weighted by Gasteiger charge is 2.46. The van der Waals surface area contributed by atoms with Crippen molar-refractivity contribution in [2.75, 3.05) is 24.6 Å². The topological polar surface area (TPSA) is 89.8 Å². The zero-order valence-electron chi connectivity index (χ0n) is 17.6. The third kappa shape index (κ3) is 3.50. The highest BCUT2D eigenvalue weighted by molar-refractivity contribution is 5.95. The summed E-state index contributed by atoms with van der Waals surface area (Å²) < 4.78 is 5.83. The van der Waals surface area contributed by atoms with Crippen LogP contribution < -0.4 is 9.64 Å². The van der Waals surface area contributed by atoms with Gasteiger partial charge in [0.2, 0.25) is 0 Å². The maximum absolute atomic E-state index is 13.0. The summed E-state index contributed by atoms with van der Waals surface area (Å²) in [5.74, 6) is 1.62. The fraction of sp³-hybridized carbons (Fsp3) is 0.435. The third-order valence-corrected chi connectivity index (χ3v) is 6.37. The summed E-state index contributed by atoms with van der Waals surface area (Å²) in [6.45, 7) is 7.13. The molecule has 0 bridgehead atoms. The molecule has 4 heterocycles. The van der Waals surface area contributed by atoms with Gasteiger partial charge in [0, 0.05) is 36.3 Å². The fourth-order valence-electron chi connectivity index (χ4n) is 4.64. The molecule has 0 radical (unpaired) electrons. The minimum absolute atomic E-state index is 0.0279. The first kappa shape index (κ1) is 19.8. The highest BCUT2D eigenvalue weighted by Crippen LogP contribution is 2.44. The van der Waals surface area contributed by atoms with Gasteiger partial charge in [-0.05, 0) is 50.4 Å². The Morgan fingerprint density at radius 1 is 1.32 bits per heavy atom. The molecule has 31 heavy (non-hydrogen) atoms. The number of amides is 2. The van der Waals surface area contributed by atoms with E-state index in [9.17, 15) is 9.59 Å². The van der Waals surface area contributed by atoms with Crippen molar-refractivity contribution in [1.82, 2.24) is 14.8 Å². The molecule has 0 aromatic carbocycles. The summed E-state index contributed by atoms with van der Waals surface area (Å²) in [5.41, 5.74) is 10.0. The summed E-state index contributed by atoms with van der Waals surface area (Å²) in [7, 11) is 0. The Bertz CT molecular complexity index is 1020. The van der Waals surface area contributed by atoms with Gasteiger partial charge in [-0.25, -0.2) is 4.98 Å². The summed E-state index contributed by atoms with van der Waals surface area (Å²) in [5, 5.41) is 0. The number of fused-ring (bicyclic) bond motifs is 2. The van der Waals surface area contributed by atoms with Crippen molar-refractivity contribution < 1.29 is 14.3 Å².